The Morgan fingerprint density at radius 3 is 2.35 bits per heavy atom. The lowest BCUT2D eigenvalue weighted by molar-refractivity contribution is -0.0315. The van der Waals surface area contributed by atoms with Gasteiger partial charge in [-0.3, -0.25) is 0 Å². The molecule has 1 rings (SSSR count). The van der Waals surface area contributed by atoms with Crippen molar-refractivity contribution in [3.05, 3.63) is 12.2 Å². The second-order valence-electron chi connectivity index (χ2n) is 6.24. The molecule has 0 radical (unpaired) electrons. The maximum atomic E-state index is 5.41. The van der Waals surface area contributed by atoms with Gasteiger partial charge in [0.1, 0.15) is 6.79 Å². The van der Waals surface area contributed by atoms with Crippen molar-refractivity contribution >= 4 is 23.5 Å². The van der Waals surface area contributed by atoms with Crippen molar-refractivity contribution in [2.75, 3.05) is 32.0 Å². The molecule has 2 nitrogen and oxygen atoms in total. The van der Waals surface area contributed by atoms with Gasteiger partial charge in [-0.15, -0.1) is 23.5 Å². The lowest BCUT2D eigenvalue weighted by Gasteiger charge is -2.36. The van der Waals surface area contributed by atoms with Crippen LogP contribution in [0.5, 0.6) is 0 Å². The van der Waals surface area contributed by atoms with Gasteiger partial charge in [0.2, 0.25) is 0 Å². The minimum atomic E-state index is 0.430. The van der Waals surface area contributed by atoms with Gasteiger partial charge >= 0.3 is 0 Å². The fourth-order valence-corrected chi connectivity index (χ4v) is 6.31. The summed E-state index contributed by atoms with van der Waals surface area (Å²) < 4.78 is 10.8. The van der Waals surface area contributed by atoms with Crippen molar-refractivity contribution in [1.82, 2.24) is 0 Å². The number of allylic oxidation sites excluding steroid dienone is 2. The molecule has 0 aliphatic carbocycles. The molecule has 0 N–H and O–H groups in total. The van der Waals surface area contributed by atoms with Crippen LogP contribution < -0.4 is 0 Å². The summed E-state index contributed by atoms with van der Waals surface area (Å²) in [5.74, 6) is 2.69. The zero-order chi connectivity index (χ0) is 16.6. The van der Waals surface area contributed by atoms with E-state index in [0.717, 1.165) is 13.0 Å². The highest BCUT2D eigenvalue weighted by Crippen LogP contribution is 2.49. The third kappa shape index (κ3) is 10.8. The standard InChI is InChI=1S/C19H36O2S2/c1-3-4-5-6-7-8-9-13-19(22-16-12-17-23-19)14-10-11-15-21-18-20-2/h6-7H,3-5,8-18H2,1-2H3. The molecule has 1 aliphatic rings. The minimum absolute atomic E-state index is 0.430. The molecule has 0 aromatic heterocycles. The molecule has 0 aromatic carbocycles. The predicted octanol–water partition coefficient (Wildman–Crippen LogP) is 6.26. The zero-order valence-corrected chi connectivity index (χ0v) is 16.8. The van der Waals surface area contributed by atoms with Crippen LogP contribution in [0, 0.1) is 0 Å². The molecule has 0 bridgehead atoms. The Bertz CT molecular complexity index is 289. The Hall–Kier alpha value is 0.360. The van der Waals surface area contributed by atoms with Gasteiger partial charge in [0, 0.05) is 13.7 Å². The molecule has 4 heteroatoms. The van der Waals surface area contributed by atoms with E-state index in [2.05, 4.69) is 42.6 Å². The first kappa shape index (κ1) is 21.4. The van der Waals surface area contributed by atoms with Crippen LogP contribution in [-0.2, 0) is 9.47 Å². The Morgan fingerprint density at radius 1 is 0.957 bits per heavy atom. The van der Waals surface area contributed by atoms with Crippen LogP contribution in [-0.4, -0.2) is 36.1 Å². The average molecular weight is 361 g/mol. The highest BCUT2D eigenvalue weighted by Gasteiger charge is 2.32. The molecule has 0 aromatic rings. The summed E-state index contributed by atoms with van der Waals surface area (Å²) in [6, 6.07) is 0. The van der Waals surface area contributed by atoms with Gasteiger partial charge in [0.15, 0.2) is 0 Å². The summed E-state index contributed by atoms with van der Waals surface area (Å²) in [6.07, 6.45) is 17.8. The summed E-state index contributed by atoms with van der Waals surface area (Å²) in [4.78, 5) is 0. The molecule has 23 heavy (non-hydrogen) atoms. The third-order valence-corrected chi connectivity index (χ3v) is 7.70. The van der Waals surface area contributed by atoms with Crippen molar-refractivity contribution in [3.8, 4) is 0 Å². The van der Waals surface area contributed by atoms with Crippen molar-refractivity contribution in [1.29, 1.82) is 0 Å². The largest absolute Gasteiger partial charge is 0.359 e. The number of thioether (sulfide) groups is 2. The first-order valence-electron chi connectivity index (χ1n) is 9.32. The smallest absolute Gasteiger partial charge is 0.146 e. The SMILES string of the molecule is CCCCC=CCCCC1(CCCCOCOC)SCCCS1. The van der Waals surface area contributed by atoms with E-state index in [0.29, 0.717) is 10.9 Å². The van der Waals surface area contributed by atoms with Gasteiger partial charge < -0.3 is 9.47 Å². The van der Waals surface area contributed by atoms with Crippen LogP contribution in [0.25, 0.3) is 0 Å². The summed E-state index contributed by atoms with van der Waals surface area (Å²) >= 11 is 4.45. The van der Waals surface area contributed by atoms with E-state index in [-0.39, 0.29) is 0 Å². The van der Waals surface area contributed by atoms with Crippen LogP contribution in [0.2, 0.25) is 0 Å². The summed E-state index contributed by atoms with van der Waals surface area (Å²) in [5, 5.41) is 0. The quantitative estimate of drug-likeness (QED) is 0.207. The van der Waals surface area contributed by atoms with Crippen LogP contribution in [0.1, 0.15) is 71.1 Å². The van der Waals surface area contributed by atoms with Gasteiger partial charge in [-0.2, -0.15) is 0 Å². The fourth-order valence-electron chi connectivity index (χ4n) is 2.82. The van der Waals surface area contributed by atoms with E-state index in [1.54, 1.807) is 7.11 Å². The van der Waals surface area contributed by atoms with Crippen LogP contribution >= 0.6 is 23.5 Å². The molecule has 1 aliphatic heterocycles. The Kier molecular flexibility index (Phi) is 13.7. The molecule has 1 saturated heterocycles. The van der Waals surface area contributed by atoms with E-state index < -0.39 is 0 Å². The summed E-state index contributed by atoms with van der Waals surface area (Å²) in [7, 11) is 1.68. The first-order chi connectivity index (χ1) is 11.3. The first-order valence-corrected chi connectivity index (χ1v) is 11.3. The Morgan fingerprint density at radius 2 is 1.65 bits per heavy atom. The number of methoxy groups -OCH3 is 1. The van der Waals surface area contributed by atoms with E-state index in [9.17, 15) is 0 Å². The molecule has 0 amide bonds. The van der Waals surface area contributed by atoms with E-state index in [1.165, 1.54) is 69.3 Å². The lowest BCUT2D eigenvalue weighted by Crippen LogP contribution is -2.25. The maximum Gasteiger partial charge on any atom is 0.146 e. The van der Waals surface area contributed by atoms with Crippen LogP contribution in [0.4, 0.5) is 0 Å². The molecule has 0 spiro atoms. The third-order valence-electron chi connectivity index (χ3n) is 4.14. The van der Waals surface area contributed by atoms with Gasteiger partial charge in [-0.05, 0) is 62.9 Å². The molecule has 136 valence electrons. The maximum absolute atomic E-state index is 5.41. The summed E-state index contributed by atoms with van der Waals surface area (Å²) in [5.41, 5.74) is 0. The minimum Gasteiger partial charge on any atom is -0.359 e. The number of hydrogen-bond acceptors (Lipinski definition) is 4. The normalized spacial score (nSPS) is 17.8. The molecular weight excluding hydrogens is 324 g/mol. The average Bonchev–Trinajstić information content (AvgIpc) is 2.58. The van der Waals surface area contributed by atoms with Crippen LogP contribution in [0.3, 0.4) is 0 Å². The number of rotatable bonds is 14. The highest BCUT2D eigenvalue weighted by molar-refractivity contribution is 8.18. The predicted molar refractivity (Wildman–Crippen MR) is 106 cm³/mol. The lowest BCUT2D eigenvalue weighted by atomic mass is 10.1. The molecule has 0 atom stereocenters. The molecule has 0 unspecified atom stereocenters. The Labute approximate surface area is 152 Å². The van der Waals surface area contributed by atoms with Crippen molar-refractivity contribution in [3.63, 3.8) is 0 Å². The van der Waals surface area contributed by atoms with Crippen LogP contribution in [0.15, 0.2) is 12.2 Å². The molecular formula is C19H36O2S2. The molecule has 1 heterocycles. The van der Waals surface area contributed by atoms with E-state index in [4.69, 9.17) is 9.47 Å². The number of ether oxygens (including phenoxy) is 2. The van der Waals surface area contributed by atoms with Gasteiger partial charge in [0.05, 0.1) is 4.08 Å². The highest BCUT2D eigenvalue weighted by atomic mass is 32.2. The Balaban J connectivity index is 2.20. The van der Waals surface area contributed by atoms with Crippen molar-refractivity contribution < 1.29 is 9.47 Å². The van der Waals surface area contributed by atoms with Gasteiger partial charge in [0.25, 0.3) is 0 Å². The van der Waals surface area contributed by atoms with E-state index >= 15 is 0 Å². The van der Waals surface area contributed by atoms with Gasteiger partial charge in [-0.25, -0.2) is 0 Å². The van der Waals surface area contributed by atoms with Gasteiger partial charge in [-0.1, -0.05) is 31.9 Å². The topological polar surface area (TPSA) is 18.5 Å². The fraction of sp³-hybridized carbons (Fsp3) is 0.895. The summed E-state index contributed by atoms with van der Waals surface area (Å²) in [6.45, 7) is 3.52. The number of unbranched alkanes of at least 4 members (excludes halogenated alkanes) is 4. The van der Waals surface area contributed by atoms with Crippen molar-refractivity contribution in [2.24, 2.45) is 0 Å². The number of hydrogen-bond donors (Lipinski definition) is 0. The second-order valence-corrected chi connectivity index (χ2v) is 9.45. The molecule has 1 fully saturated rings. The monoisotopic (exact) mass is 360 g/mol. The van der Waals surface area contributed by atoms with Crippen molar-refractivity contribution in [2.45, 2.75) is 75.2 Å². The molecule has 0 saturated carbocycles. The second kappa shape index (κ2) is 14.7. The van der Waals surface area contributed by atoms with E-state index in [1.807, 2.05) is 0 Å². The zero-order valence-electron chi connectivity index (χ0n) is 15.2.